The zero-order valence-corrected chi connectivity index (χ0v) is 13.6. The molecule has 6 heteroatoms. The lowest BCUT2D eigenvalue weighted by atomic mass is 9.97. The van der Waals surface area contributed by atoms with Gasteiger partial charge in [-0.1, -0.05) is 18.2 Å². The van der Waals surface area contributed by atoms with E-state index in [1.54, 1.807) is 36.4 Å². The molecule has 0 atom stereocenters. The van der Waals surface area contributed by atoms with Crippen molar-refractivity contribution < 1.29 is 28.3 Å². The molecule has 0 aliphatic carbocycles. The monoisotopic (exact) mass is 338 g/mol. The maximum absolute atomic E-state index is 11.9. The Balaban J connectivity index is 2.31. The number of ether oxygens (including phenoxy) is 2. The number of rotatable bonds is 4. The van der Waals surface area contributed by atoms with E-state index in [1.165, 1.54) is 20.3 Å². The molecule has 0 spiro atoms. The summed E-state index contributed by atoms with van der Waals surface area (Å²) in [5.41, 5.74) is 1.85. The number of esters is 2. The molecular weight excluding hydrogens is 324 g/mol. The number of hydrogen-bond donors (Lipinski definition) is 0. The van der Waals surface area contributed by atoms with E-state index in [1.807, 2.05) is 0 Å². The van der Waals surface area contributed by atoms with Gasteiger partial charge in [0.05, 0.1) is 25.3 Å². The highest BCUT2D eigenvalue weighted by molar-refractivity contribution is 6.05. The summed E-state index contributed by atoms with van der Waals surface area (Å²) in [6.07, 6.45) is 0.595. The van der Waals surface area contributed by atoms with Crippen LogP contribution in [0.1, 0.15) is 31.3 Å². The van der Waals surface area contributed by atoms with Crippen LogP contribution in [0.3, 0.4) is 0 Å². The number of carbonyl (C=O) groups is 3. The minimum Gasteiger partial charge on any atom is -0.465 e. The highest BCUT2D eigenvalue weighted by Crippen LogP contribution is 2.35. The van der Waals surface area contributed by atoms with Gasteiger partial charge >= 0.3 is 11.9 Å². The van der Waals surface area contributed by atoms with Crippen molar-refractivity contribution in [3.63, 3.8) is 0 Å². The molecule has 126 valence electrons. The second kappa shape index (κ2) is 6.60. The Morgan fingerprint density at radius 1 is 0.960 bits per heavy atom. The van der Waals surface area contributed by atoms with Gasteiger partial charge in [0.25, 0.3) is 0 Å². The Morgan fingerprint density at radius 3 is 2.12 bits per heavy atom. The van der Waals surface area contributed by atoms with E-state index in [9.17, 15) is 14.4 Å². The Labute approximate surface area is 143 Å². The van der Waals surface area contributed by atoms with Gasteiger partial charge in [0.2, 0.25) is 0 Å². The van der Waals surface area contributed by atoms with Crippen LogP contribution in [0.15, 0.2) is 46.9 Å². The number of methoxy groups -OCH3 is 2. The largest absolute Gasteiger partial charge is 0.465 e. The first-order valence-electron chi connectivity index (χ1n) is 7.38. The van der Waals surface area contributed by atoms with Crippen LogP contribution in [0.25, 0.3) is 22.1 Å². The SMILES string of the molecule is COC(=O)c1cc(C(=O)OC)cc(-c2c(C=O)oc3ccccc23)c1. The first-order chi connectivity index (χ1) is 12.1. The van der Waals surface area contributed by atoms with E-state index in [-0.39, 0.29) is 16.9 Å². The summed E-state index contributed by atoms with van der Waals surface area (Å²) >= 11 is 0. The number of benzene rings is 2. The van der Waals surface area contributed by atoms with Gasteiger partial charge in [-0.15, -0.1) is 0 Å². The maximum Gasteiger partial charge on any atom is 0.337 e. The normalized spacial score (nSPS) is 10.5. The summed E-state index contributed by atoms with van der Waals surface area (Å²) in [7, 11) is 2.49. The highest BCUT2D eigenvalue weighted by Gasteiger charge is 2.20. The summed E-state index contributed by atoms with van der Waals surface area (Å²) < 4.78 is 15.0. The van der Waals surface area contributed by atoms with Gasteiger partial charge in [-0.2, -0.15) is 0 Å². The molecule has 3 aromatic rings. The molecule has 0 aliphatic rings. The highest BCUT2D eigenvalue weighted by atomic mass is 16.5. The van der Waals surface area contributed by atoms with E-state index in [0.29, 0.717) is 28.4 Å². The van der Waals surface area contributed by atoms with Crippen molar-refractivity contribution in [2.75, 3.05) is 14.2 Å². The van der Waals surface area contributed by atoms with E-state index >= 15 is 0 Å². The summed E-state index contributed by atoms with van der Waals surface area (Å²) in [5.74, 6) is -1.10. The number of hydrogen-bond acceptors (Lipinski definition) is 6. The number of fused-ring (bicyclic) bond motifs is 1. The molecule has 0 N–H and O–H groups in total. The fraction of sp³-hybridized carbons (Fsp3) is 0.105. The molecule has 25 heavy (non-hydrogen) atoms. The molecule has 0 unspecified atom stereocenters. The Hall–Kier alpha value is -3.41. The summed E-state index contributed by atoms with van der Waals surface area (Å²) in [5, 5.41) is 0.697. The summed E-state index contributed by atoms with van der Waals surface area (Å²) in [4.78, 5) is 35.3. The van der Waals surface area contributed by atoms with E-state index in [0.717, 1.165) is 0 Å². The predicted molar refractivity (Wildman–Crippen MR) is 89.7 cm³/mol. The van der Waals surface area contributed by atoms with Gasteiger partial charge < -0.3 is 13.9 Å². The lowest BCUT2D eigenvalue weighted by Crippen LogP contribution is -2.07. The van der Waals surface area contributed by atoms with Crippen molar-refractivity contribution >= 4 is 29.2 Å². The zero-order chi connectivity index (χ0) is 18.0. The minimum absolute atomic E-state index is 0.110. The first-order valence-corrected chi connectivity index (χ1v) is 7.38. The van der Waals surface area contributed by atoms with Crippen LogP contribution in [0.2, 0.25) is 0 Å². The molecule has 0 radical (unpaired) electrons. The number of carbonyl (C=O) groups excluding carboxylic acids is 3. The number of furan rings is 1. The molecule has 0 saturated heterocycles. The molecule has 3 rings (SSSR count). The van der Waals surface area contributed by atoms with Gasteiger partial charge in [0.15, 0.2) is 12.0 Å². The average Bonchev–Trinajstić information content (AvgIpc) is 3.04. The third kappa shape index (κ3) is 2.89. The topological polar surface area (TPSA) is 82.8 Å². The predicted octanol–water partition coefficient (Wildman–Crippen LogP) is 3.49. The summed E-state index contributed by atoms with van der Waals surface area (Å²) in [6, 6.07) is 11.6. The van der Waals surface area contributed by atoms with Crippen LogP contribution in [0, 0.1) is 0 Å². The average molecular weight is 338 g/mol. The second-order valence-corrected chi connectivity index (χ2v) is 5.24. The van der Waals surface area contributed by atoms with Crippen molar-refractivity contribution in [3.05, 3.63) is 59.4 Å². The molecule has 0 fully saturated rings. The lowest BCUT2D eigenvalue weighted by molar-refractivity contribution is 0.0599. The molecule has 1 aromatic heterocycles. The Bertz CT molecular complexity index is 948. The summed E-state index contributed by atoms with van der Waals surface area (Å²) in [6.45, 7) is 0. The molecule has 2 aromatic carbocycles. The van der Waals surface area contributed by atoms with Gasteiger partial charge in [-0.05, 0) is 29.8 Å². The Kier molecular flexibility index (Phi) is 4.35. The number of aldehydes is 1. The van der Waals surface area contributed by atoms with Gasteiger partial charge in [-0.25, -0.2) is 9.59 Å². The number of para-hydroxylation sites is 1. The van der Waals surface area contributed by atoms with Crippen LogP contribution in [-0.4, -0.2) is 32.4 Å². The molecular formula is C19H14O6. The van der Waals surface area contributed by atoms with Crippen molar-refractivity contribution in [2.45, 2.75) is 0 Å². The smallest absolute Gasteiger partial charge is 0.337 e. The van der Waals surface area contributed by atoms with Gasteiger partial charge in [0, 0.05) is 10.9 Å². The van der Waals surface area contributed by atoms with E-state index in [2.05, 4.69) is 0 Å². The standard InChI is InChI=1S/C19H14O6/c1-23-18(21)12-7-11(8-13(9-12)19(22)24-2)17-14-5-3-4-6-15(14)25-16(17)10-20/h3-10H,1-2H3. The van der Waals surface area contributed by atoms with E-state index in [4.69, 9.17) is 13.9 Å². The van der Waals surface area contributed by atoms with Crippen LogP contribution in [0.4, 0.5) is 0 Å². The quantitative estimate of drug-likeness (QED) is 0.535. The molecule has 0 bridgehead atoms. The second-order valence-electron chi connectivity index (χ2n) is 5.24. The van der Waals surface area contributed by atoms with Crippen LogP contribution < -0.4 is 0 Å². The van der Waals surface area contributed by atoms with Crippen molar-refractivity contribution in [1.29, 1.82) is 0 Å². The molecule has 0 aliphatic heterocycles. The molecule has 6 nitrogen and oxygen atoms in total. The molecule has 1 heterocycles. The van der Waals surface area contributed by atoms with E-state index < -0.39 is 11.9 Å². The third-order valence-corrected chi connectivity index (χ3v) is 3.79. The van der Waals surface area contributed by atoms with Gasteiger partial charge in [0.1, 0.15) is 5.58 Å². The van der Waals surface area contributed by atoms with Crippen molar-refractivity contribution in [1.82, 2.24) is 0 Å². The van der Waals surface area contributed by atoms with Gasteiger partial charge in [-0.3, -0.25) is 4.79 Å². The van der Waals surface area contributed by atoms with Crippen LogP contribution in [-0.2, 0) is 9.47 Å². The fourth-order valence-corrected chi connectivity index (χ4v) is 2.69. The first kappa shape index (κ1) is 16.4. The molecule has 0 saturated carbocycles. The minimum atomic E-state index is -0.604. The van der Waals surface area contributed by atoms with Crippen molar-refractivity contribution in [2.24, 2.45) is 0 Å². The van der Waals surface area contributed by atoms with Crippen LogP contribution in [0.5, 0.6) is 0 Å². The van der Waals surface area contributed by atoms with Crippen molar-refractivity contribution in [3.8, 4) is 11.1 Å². The van der Waals surface area contributed by atoms with Crippen LogP contribution >= 0.6 is 0 Å². The maximum atomic E-state index is 11.9. The molecule has 0 amide bonds. The lowest BCUT2D eigenvalue weighted by Gasteiger charge is -2.08. The third-order valence-electron chi connectivity index (χ3n) is 3.79. The zero-order valence-electron chi connectivity index (χ0n) is 13.6. The Morgan fingerprint density at radius 2 is 1.56 bits per heavy atom. The fourth-order valence-electron chi connectivity index (χ4n) is 2.69.